The van der Waals surface area contributed by atoms with Gasteiger partial charge in [-0.05, 0) is 58.7 Å². The van der Waals surface area contributed by atoms with Crippen molar-refractivity contribution in [2.24, 2.45) is 0 Å². The first kappa shape index (κ1) is 18.8. The Kier molecular flexibility index (Phi) is 5.99. The monoisotopic (exact) mass is 373 g/mol. The average molecular weight is 374 g/mol. The van der Waals surface area contributed by atoms with Gasteiger partial charge in [-0.1, -0.05) is 41.6 Å². The largest absolute Gasteiger partial charge is 0.497 e. The van der Waals surface area contributed by atoms with Gasteiger partial charge in [-0.3, -0.25) is 0 Å². The summed E-state index contributed by atoms with van der Waals surface area (Å²) in [4.78, 5) is 0. The van der Waals surface area contributed by atoms with Gasteiger partial charge in [0.2, 0.25) is 0 Å². The van der Waals surface area contributed by atoms with E-state index in [-0.39, 0.29) is 0 Å². The predicted molar refractivity (Wildman–Crippen MR) is 111 cm³/mol. The third-order valence-corrected chi connectivity index (χ3v) is 4.92. The second-order valence-corrected chi connectivity index (χ2v) is 6.44. The first-order valence-corrected chi connectivity index (χ1v) is 9.05. The molecule has 0 saturated heterocycles. The van der Waals surface area contributed by atoms with Crippen LogP contribution in [0, 0.1) is 0 Å². The number of ether oxygens (including phenoxy) is 3. The summed E-state index contributed by atoms with van der Waals surface area (Å²) in [6.45, 7) is 0. The first-order chi connectivity index (χ1) is 13.2. The van der Waals surface area contributed by atoms with E-state index in [1.54, 1.807) is 21.3 Å². The van der Waals surface area contributed by atoms with Crippen molar-refractivity contribution < 1.29 is 14.2 Å². The number of hydrogen-bond acceptors (Lipinski definition) is 3. The fourth-order valence-electron chi connectivity index (χ4n) is 2.87. The molecule has 0 bridgehead atoms. The summed E-state index contributed by atoms with van der Waals surface area (Å²) >= 11 is 0. The van der Waals surface area contributed by atoms with Crippen molar-refractivity contribution in [3.05, 3.63) is 89.5 Å². The molecule has 0 aliphatic carbocycles. The number of benzene rings is 3. The Bertz CT molecular complexity index is 862. The maximum atomic E-state index is 5.30. The summed E-state index contributed by atoms with van der Waals surface area (Å²) in [5, 5.41) is 0.994. The Morgan fingerprint density at radius 1 is 0.519 bits per heavy atom. The van der Waals surface area contributed by atoms with Crippen molar-refractivity contribution in [2.45, 2.75) is 0 Å². The highest BCUT2D eigenvalue weighted by Gasteiger charge is 2.12. The Hall–Kier alpha value is -2.98. The van der Waals surface area contributed by atoms with Gasteiger partial charge < -0.3 is 14.2 Å². The Labute approximate surface area is 163 Å². The van der Waals surface area contributed by atoms with E-state index in [9.17, 15) is 0 Å². The summed E-state index contributed by atoms with van der Waals surface area (Å²) in [7, 11) is 8.89. The molecule has 0 saturated carbocycles. The van der Waals surface area contributed by atoms with Crippen LogP contribution in [0.4, 0.5) is 0 Å². The molecular weight excluding hydrogens is 352 g/mol. The van der Waals surface area contributed by atoms with Crippen LogP contribution in [0.15, 0.2) is 72.8 Å². The van der Waals surface area contributed by atoms with Crippen LogP contribution >= 0.6 is 0 Å². The van der Waals surface area contributed by atoms with E-state index in [1.807, 2.05) is 48.5 Å². The summed E-state index contributed by atoms with van der Waals surface area (Å²) in [6, 6.07) is 24.1. The molecule has 3 rings (SSSR count). The van der Waals surface area contributed by atoms with Gasteiger partial charge in [0.1, 0.15) is 17.2 Å². The molecule has 3 radical (unpaired) electrons. The average Bonchev–Trinajstić information content (AvgIpc) is 2.75. The Morgan fingerprint density at radius 3 is 1.11 bits per heavy atom. The van der Waals surface area contributed by atoms with E-state index >= 15 is 0 Å². The zero-order valence-corrected chi connectivity index (χ0v) is 16.7. The second kappa shape index (κ2) is 8.60. The second-order valence-electron chi connectivity index (χ2n) is 5.94. The predicted octanol–water partition coefficient (Wildman–Crippen LogP) is 4.80. The lowest BCUT2D eigenvalue weighted by Gasteiger charge is -2.15. The van der Waals surface area contributed by atoms with Gasteiger partial charge >= 0.3 is 0 Å². The van der Waals surface area contributed by atoms with E-state index < -0.39 is 0 Å². The number of methoxy groups -OCH3 is 3. The van der Waals surface area contributed by atoms with Crippen LogP contribution in [0.1, 0.15) is 16.7 Å². The lowest BCUT2D eigenvalue weighted by Crippen LogP contribution is -1.96. The molecule has 0 spiro atoms. The van der Waals surface area contributed by atoms with Crippen molar-refractivity contribution in [3.63, 3.8) is 0 Å². The van der Waals surface area contributed by atoms with Crippen LogP contribution in [0.25, 0.3) is 10.8 Å². The minimum Gasteiger partial charge on any atom is -0.497 e. The Morgan fingerprint density at radius 2 is 0.815 bits per heavy atom. The molecule has 0 heterocycles. The van der Waals surface area contributed by atoms with Crippen molar-refractivity contribution in [2.75, 3.05) is 21.3 Å². The molecule has 3 aromatic carbocycles. The molecular formula is C23H21O3Si. The van der Waals surface area contributed by atoms with Gasteiger partial charge in [0.15, 0.2) is 0 Å². The quantitative estimate of drug-likeness (QED) is 0.459. The molecule has 3 nitrogen and oxygen atoms in total. The van der Waals surface area contributed by atoms with Crippen LogP contribution in [0.3, 0.4) is 0 Å². The van der Waals surface area contributed by atoms with Crippen molar-refractivity contribution in [1.29, 1.82) is 0 Å². The highest BCUT2D eigenvalue weighted by Crippen LogP contribution is 2.33. The van der Waals surface area contributed by atoms with Crippen LogP contribution in [0.2, 0.25) is 0 Å². The molecule has 0 N–H and O–H groups in total. The van der Waals surface area contributed by atoms with E-state index in [0.29, 0.717) is 0 Å². The van der Waals surface area contributed by atoms with E-state index in [4.69, 9.17) is 14.2 Å². The lowest BCUT2D eigenvalue weighted by atomic mass is 9.95. The molecule has 0 aromatic heterocycles. The standard InChI is InChI=1S/C23H21O3Si/c1-24-19-10-4-16(5-11-19)22(17-6-12-20(25-2)13-7-17)23(27)18-8-14-21(26-3)15-9-18/h4-15H,1-3H3. The number of rotatable bonds is 6. The van der Waals surface area contributed by atoms with Gasteiger partial charge in [-0.15, -0.1) is 0 Å². The Balaban J connectivity index is 2.14. The van der Waals surface area contributed by atoms with E-state index in [0.717, 1.165) is 44.7 Å². The fraction of sp³-hybridized carbons (Fsp3) is 0.130. The maximum Gasteiger partial charge on any atom is 0.118 e. The van der Waals surface area contributed by atoms with E-state index in [1.165, 1.54) is 0 Å². The van der Waals surface area contributed by atoms with E-state index in [2.05, 4.69) is 34.5 Å². The molecule has 27 heavy (non-hydrogen) atoms. The zero-order valence-electron chi connectivity index (χ0n) is 15.7. The van der Waals surface area contributed by atoms with Crippen LogP contribution in [-0.4, -0.2) is 31.6 Å². The lowest BCUT2D eigenvalue weighted by molar-refractivity contribution is 0.414. The number of hydrogen-bond donors (Lipinski definition) is 0. The SMILES string of the molecule is COc1ccc(C([Si])=C(c2ccc(OC)cc2)c2ccc(OC)cc2)cc1. The molecule has 0 aliphatic heterocycles. The summed E-state index contributed by atoms with van der Waals surface area (Å²) in [5.41, 5.74) is 4.32. The fourth-order valence-corrected chi connectivity index (χ4v) is 3.33. The van der Waals surface area contributed by atoms with Gasteiger partial charge in [-0.2, -0.15) is 0 Å². The zero-order chi connectivity index (χ0) is 19.2. The van der Waals surface area contributed by atoms with Gasteiger partial charge in [-0.25, -0.2) is 0 Å². The van der Waals surface area contributed by atoms with Crippen molar-refractivity contribution in [3.8, 4) is 17.2 Å². The van der Waals surface area contributed by atoms with Crippen molar-refractivity contribution >= 4 is 21.0 Å². The van der Waals surface area contributed by atoms with Gasteiger partial charge in [0.05, 0.1) is 31.6 Å². The molecule has 0 unspecified atom stereocenters. The molecule has 0 aliphatic rings. The summed E-state index contributed by atoms with van der Waals surface area (Å²) < 4.78 is 15.9. The third kappa shape index (κ3) is 4.23. The van der Waals surface area contributed by atoms with Crippen LogP contribution in [0.5, 0.6) is 17.2 Å². The minimum absolute atomic E-state index is 0.827. The maximum absolute atomic E-state index is 5.30. The van der Waals surface area contributed by atoms with Crippen LogP contribution in [-0.2, 0) is 0 Å². The summed E-state index contributed by atoms with van der Waals surface area (Å²) in [5.74, 6) is 2.48. The van der Waals surface area contributed by atoms with Gasteiger partial charge in [0, 0.05) is 0 Å². The van der Waals surface area contributed by atoms with Crippen molar-refractivity contribution in [1.82, 2.24) is 0 Å². The molecule has 135 valence electrons. The smallest absolute Gasteiger partial charge is 0.118 e. The summed E-state index contributed by atoms with van der Waals surface area (Å²) in [6.07, 6.45) is 0. The normalized spacial score (nSPS) is 10.2. The molecule has 0 atom stereocenters. The minimum atomic E-state index is 0.827. The highest BCUT2D eigenvalue weighted by atomic mass is 28.1. The molecule has 0 fully saturated rings. The molecule has 4 heteroatoms. The molecule has 0 amide bonds. The van der Waals surface area contributed by atoms with Crippen LogP contribution < -0.4 is 14.2 Å². The molecule has 3 aromatic rings. The topological polar surface area (TPSA) is 27.7 Å². The first-order valence-electron chi connectivity index (χ1n) is 8.55. The van der Waals surface area contributed by atoms with Gasteiger partial charge in [0.25, 0.3) is 0 Å². The highest BCUT2D eigenvalue weighted by molar-refractivity contribution is 6.47. The third-order valence-electron chi connectivity index (χ3n) is 4.39.